The maximum atomic E-state index is 12.5. The number of hydrogen-bond donors (Lipinski definition) is 1. The fourth-order valence-corrected chi connectivity index (χ4v) is 3.62. The molecule has 3 rings (SSSR count). The lowest BCUT2D eigenvalue weighted by molar-refractivity contribution is 0.0937. The maximum absolute atomic E-state index is 12.5. The number of hydrogen-bond acceptors (Lipinski definition) is 4. The van der Waals surface area contributed by atoms with Gasteiger partial charge in [0.2, 0.25) is 0 Å². The van der Waals surface area contributed by atoms with Crippen LogP contribution in [0.4, 0.5) is 0 Å². The molecule has 1 aromatic carbocycles. The van der Waals surface area contributed by atoms with Gasteiger partial charge < -0.3 is 10.1 Å². The number of benzene rings is 1. The highest BCUT2D eigenvalue weighted by Crippen LogP contribution is 2.31. The number of para-hydroxylation sites is 1. The molecule has 1 aliphatic rings. The molecule has 0 bridgehead atoms. The van der Waals surface area contributed by atoms with Crippen LogP contribution in [0.2, 0.25) is 0 Å². The molecule has 0 radical (unpaired) electrons. The van der Waals surface area contributed by atoms with E-state index in [9.17, 15) is 4.79 Å². The van der Waals surface area contributed by atoms with Crippen LogP contribution in [0, 0.1) is 0 Å². The van der Waals surface area contributed by atoms with Gasteiger partial charge in [-0.2, -0.15) is 0 Å². The van der Waals surface area contributed by atoms with Gasteiger partial charge in [0.25, 0.3) is 5.91 Å². The van der Waals surface area contributed by atoms with Gasteiger partial charge in [-0.3, -0.25) is 14.7 Å². The Morgan fingerprint density at radius 3 is 2.80 bits per heavy atom. The van der Waals surface area contributed by atoms with Crippen LogP contribution in [0.15, 0.2) is 47.2 Å². The van der Waals surface area contributed by atoms with Gasteiger partial charge in [-0.05, 0) is 54.0 Å². The molecule has 1 fully saturated rings. The fraction of sp³-hybridized carbons (Fsp3) is 0.368. The predicted octanol–water partition coefficient (Wildman–Crippen LogP) is 3.42. The third kappa shape index (κ3) is 4.38. The molecule has 0 aliphatic carbocycles. The number of carbonyl (C=O) groups excluding carboxylic acids is 1. The van der Waals surface area contributed by atoms with Crippen molar-refractivity contribution in [3.8, 4) is 5.75 Å². The average Bonchev–Trinajstić information content (AvgIpc) is 3.16. The van der Waals surface area contributed by atoms with Crippen molar-refractivity contribution >= 4 is 21.8 Å². The molecule has 2 aromatic rings. The summed E-state index contributed by atoms with van der Waals surface area (Å²) < 4.78 is 6.33. The average molecular weight is 404 g/mol. The number of aromatic nitrogens is 1. The van der Waals surface area contributed by atoms with Crippen molar-refractivity contribution in [1.82, 2.24) is 15.2 Å². The molecule has 0 spiro atoms. The van der Waals surface area contributed by atoms with E-state index in [1.165, 1.54) is 12.8 Å². The lowest BCUT2D eigenvalue weighted by Gasteiger charge is -2.29. The van der Waals surface area contributed by atoms with E-state index < -0.39 is 0 Å². The first-order valence-corrected chi connectivity index (χ1v) is 9.24. The normalized spacial score (nSPS) is 15.8. The second-order valence-corrected chi connectivity index (χ2v) is 7.02. The lowest BCUT2D eigenvalue weighted by atomic mass is 10.0. The minimum Gasteiger partial charge on any atom is -0.496 e. The van der Waals surface area contributed by atoms with Gasteiger partial charge in [0.05, 0.1) is 18.7 Å². The monoisotopic (exact) mass is 403 g/mol. The van der Waals surface area contributed by atoms with E-state index in [4.69, 9.17) is 4.74 Å². The van der Waals surface area contributed by atoms with E-state index in [2.05, 4.69) is 37.2 Å². The van der Waals surface area contributed by atoms with E-state index in [1.54, 1.807) is 25.6 Å². The molecule has 132 valence electrons. The second kappa shape index (κ2) is 8.45. The first-order chi connectivity index (χ1) is 12.2. The number of halogens is 1. The Labute approximate surface area is 156 Å². The summed E-state index contributed by atoms with van der Waals surface area (Å²) >= 11 is 3.35. The molecular formula is C19H22BrN3O2. The molecule has 1 N–H and O–H groups in total. The molecule has 0 saturated carbocycles. The molecule has 5 nitrogen and oxygen atoms in total. The van der Waals surface area contributed by atoms with Gasteiger partial charge in [0.15, 0.2) is 0 Å². The number of nitrogens with zero attached hydrogens (tertiary/aromatic N) is 2. The third-order valence-electron chi connectivity index (χ3n) is 4.50. The highest BCUT2D eigenvalue weighted by molar-refractivity contribution is 9.10. The van der Waals surface area contributed by atoms with Crippen LogP contribution >= 0.6 is 15.9 Å². The quantitative estimate of drug-likeness (QED) is 0.802. The van der Waals surface area contributed by atoms with E-state index in [0.717, 1.165) is 28.9 Å². The zero-order chi connectivity index (χ0) is 17.6. The molecule has 1 amide bonds. The first kappa shape index (κ1) is 17.9. The SMILES string of the molecule is COc1ccccc1C(CNC(=O)c1cncc(Br)c1)N1CCCC1. The Morgan fingerprint density at radius 2 is 2.08 bits per heavy atom. The number of rotatable bonds is 6. The molecule has 1 saturated heterocycles. The van der Waals surface area contributed by atoms with Crippen molar-refractivity contribution in [2.24, 2.45) is 0 Å². The van der Waals surface area contributed by atoms with Crippen molar-refractivity contribution in [3.63, 3.8) is 0 Å². The molecule has 1 unspecified atom stereocenters. The number of methoxy groups -OCH3 is 1. The second-order valence-electron chi connectivity index (χ2n) is 6.10. The maximum Gasteiger partial charge on any atom is 0.252 e. The standard InChI is InChI=1S/C19H22BrN3O2/c1-25-18-7-3-2-6-16(18)17(23-8-4-5-9-23)13-22-19(24)14-10-15(20)12-21-11-14/h2-3,6-7,10-12,17H,4-5,8-9,13H2,1H3,(H,22,24). The van der Waals surface area contributed by atoms with Gasteiger partial charge in [0, 0.05) is 29.0 Å². The van der Waals surface area contributed by atoms with Crippen LogP contribution in [-0.4, -0.2) is 42.5 Å². The number of likely N-dealkylation sites (tertiary alicyclic amines) is 1. The molecule has 1 atom stereocenters. The van der Waals surface area contributed by atoms with E-state index in [0.29, 0.717) is 12.1 Å². The largest absolute Gasteiger partial charge is 0.496 e. The van der Waals surface area contributed by atoms with Crippen LogP contribution in [0.1, 0.15) is 34.8 Å². The predicted molar refractivity (Wildman–Crippen MR) is 101 cm³/mol. The minimum absolute atomic E-state index is 0.0997. The number of carbonyl (C=O) groups is 1. The highest BCUT2D eigenvalue weighted by Gasteiger charge is 2.26. The summed E-state index contributed by atoms with van der Waals surface area (Å²) in [4.78, 5) is 19.0. The van der Waals surface area contributed by atoms with Crippen molar-refractivity contribution in [2.45, 2.75) is 18.9 Å². The zero-order valence-corrected chi connectivity index (χ0v) is 15.8. The zero-order valence-electron chi connectivity index (χ0n) is 14.2. The number of amides is 1. The van der Waals surface area contributed by atoms with E-state index in [-0.39, 0.29) is 11.9 Å². The Bertz CT molecular complexity index is 732. The van der Waals surface area contributed by atoms with Gasteiger partial charge in [-0.25, -0.2) is 0 Å². The Balaban J connectivity index is 1.77. The topological polar surface area (TPSA) is 54.5 Å². The Kier molecular flexibility index (Phi) is 6.04. The van der Waals surface area contributed by atoms with Gasteiger partial charge in [-0.1, -0.05) is 18.2 Å². The molecule has 1 aromatic heterocycles. The van der Waals surface area contributed by atoms with E-state index >= 15 is 0 Å². The van der Waals surface area contributed by atoms with Crippen LogP contribution in [0.3, 0.4) is 0 Å². The van der Waals surface area contributed by atoms with Crippen LogP contribution < -0.4 is 10.1 Å². The summed E-state index contributed by atoms with van der Waals surface area (Å²) in [6.07, 6.45) is 5.62. The molecule has 6 heteroatoms. The number of ether oxygens (including phenoxy) is 1. The third-order valence-corrected chi connectivity index (χ3v) is 4.94. The summed E-state index contributed by atoms with van der Waals surface area (Å²) in [6, 6.07) is 9.90. The van der Waals surface area contributed by atoms with E-state index in [1.807, 2.05) is 18.2 Å². The van der Waals surface area contributed by atoms with Crippen LogP contribution in [-0.2, 0) is 0 Å². The van der Waals surface area contributed by atoms with Crippen molar-refractivity contribution in [3.05, 3.63) is 58.3 Å². The molecular weight excluding hydrogens is 382 g/mol. The molecule has 1 aliphatic heterocycles. The summed E-state index contributed by atoms with van der Waals surface area (Å²) in [7, 11) is 1.69. The van der Waals surface area contributed by atoms with Gasteiger partial charge in [0.1, 0.15) is 5.75 Å². The fourth-order valence-electron chi connectivity index (χ4n) is 3.26. The minimum atomic E-state index is -0.118. The van der Waals surface area contributed by atoms with Crippen LogP contribution in [0.5, 0.6) is 5.75 Å². The Hall–Kier alpha value is -1.92. The summed E-state index contributed by atoms with van der Waals surface area (Å²) in [6.45, 7) is 2.61. The van der Waals surface area contributed by atoms with Crippen LogP contribution in [0.25, 0.3) is 0 Å². The Morgan fingerprint density at radius 1 is 1.32 bits per heavy atom. The smallest absolute Gasteiger partial charge is 0.252 e. The number of nitrogens with one attached hydrogen (secondary N) is 1. The van der Waals surface area contributed by atoms with Gasteiger partial charge >= 0.3 is 0 Å². The summed E-state index contributed by atoms with van der Waals surface area (Å²) in [5.41, 5.74) is 1.66. The molecule has 2 heterocycles. The lowest BCUT2D eigenvalue weighted by Crippen LogP contribution is -2.37. The van der Waals surface area contributed by atoms with Gasteiger partial charge in [-0.15, -0.1) is 0 Å². The highest BCUT2D eigenvalue weighted by atomic mass is 79.9. The summed E-state index contributed by atoms with van der Waals surface area (Å²) in [5, 5.41) is 3.06. The molecule has 25 heavy (non-hydrogen) atoms. The number of pyridine rings is 1. The van der Waals surface area contributed by atoms with Crippen molar-refractivity contribution < 1.29 is 9.53 Å². The summed E-state index contributed by atoms with van der Waals surface area (Å²) in [5.74, 6) is 0.741. The van der Waals surface area contributed by atoms with Crippen molar-refractivity contribution in [2.75, 3.05) is 26.7 Å². The van der Waals surface area contributed by atoms with Crippen molar-refractivity contribution in [1.29, 1.82) is 0 Å². The first-order valence-electron chi connectivity index (χ1n) is 8.45.